The van der Waals surface area contributed by atoms with E-state index >= 15 is 0 Å². The van der Waals surface area contributed by atoms with Crippen LogP contribution in [0, 0.1) is 15.5 Å². The first kappa shape index (κ1) is 15.2. The van der Waals surface area contributed by atoms with Crippen LogP contribution in [0.4, 0.5) is 5.69 Å². The van der Waals surface area contributed by atoms with Crippen molar-refractivity contribution in [1.82, 2.24) is 0 Å². The van der Waals surface area contributed by atoms with E-state index in [0.717, 1.165) is 12.0 Å². The normalized spacial score (nSPS) is 12.9. The molecule has 0 aliphatic heterocycles. The molecule has 2 aromatic carbocycles. The van der Waals surface area contributed by atoms with Crippen molar-refractivity contribution in [3.05, 3.63) is 75.8 Å². The van der Waals surface area contributed by atoms with Gasteiger partial charge in [0.2, 0.25) is 0 Å². The quantitative estimate of drug-likeness (QED) is 0.587. The summed E-state index contributed by atoms with van der Waals surface area (Å²) >= 11 is 0. The van der Waals surface area contributed by atoms with E-state index < -0.39 is 0 Å². The monoisotopic (exact) mass is 283 g/mol. The van der Waals surface area contributed by atoms with Crippen LogP contribution in [-0.2, 0) is 6.42 Å². The fourth-order valence-corrected chi connectivity index (χ4v) is 2.60. The molecule has 110 valence electrons. The van der Waals surface area contributed by atoms with E-state index in [1.807, 2.05) is 18.2 Å². The van der Waals surface area contributed by atoms with Crippen LogP contribution in [0.25, 0.3) is 0 Å². The van der Waals surface area contributed by atoms with Crippen molar-refractivity contribution >= 4 is 5.69 Å². The number of rotatable bonds is 4. The number of nitrogens with zero attached hydrogens (tertiary/aromatic N) is 1. The Morgan fingerprint density at radius 3 is 2.05 bits per heavy atom. The summed E-state index contributed by atoms with van der Waals surface area (Å²) in [6.07, 6.45) is 0.880. The van der Waals surface area contributed by atoms with Gasteiger partial charge >= 0.3 is 0 Å². The molecule has 0 saturated carbocycles. The second-order valence-electron chi connectivity index (χ2n) is 6.46. The topological polar surface area (TPSA) is 43.1 Å². The van der Waals surface area contributed by atoms with Crippen molar-refractivity contribution in [2.45, 2.75) is 33.1 Å². The molecule has 1 atom stereocenters. The summed E-state index contributed by atoms with van der Waals surface area (Å²) in [4.78, 5) is 10.4. The zero-order valence-corrected chi connectivity index (χ0v) is 12.7. The third kappa shape index (κ3) is 3.91. The minimum absolute atomic E-state index is 0.128. The zero-order valence-electron chi connectivity index (χ0n) is 12.7. The predicted octanol–water partition coefficient (Wildman–Crippen LogP) is 4.97. The van der Waals surface area contributed by atoms with Gasteiger partial charge in [-0.25, -0.2) is 0 Å². The van der Waals surface area contributed by atoms with Gasteiger partial charge in [0.05, 0.1) is 4.92 Å². The number of benzene rings is 2. The van der Waals surface area contributed by atoms with Gasteiger partial charge in [0.15, 0.2) is 0 Å². The van der Waals surface area contributed by atoms with E-state index in [4.69, 9.17) is 0 Å². The van der Waals surface area contributed by atoms with Gasteiger partial charge in [-0.05, 0) is 28.9 Å². The summed E-state index contributed by atoms with van der Waals surface area (Å²) in [7, 11) is 0. The van der Waals surface area contributed by atoms with Crippen LogP contribution in [0.1, 0.15) is 37.8 Å². The number of non-ortho nitro benzene ring substituents is 1. The minimum Gasteiger partial charge on any atom is -0.258 e. The highest BCUT2D eigenvalue weighted by atomic mass is 16.6. The molecule has 0 aliphatic rings. The zero-order chi connectivity index (χ0) is 15.5. The minimum atomic E-state index is -0.359. The van der Waals surface area contributed by atoms with E-state index in [9.17, 15) is 10.1 Å². The van der Waals surface area contributed by atoms with Crippen LogP contribution in [0.5, 0.6) is 0 Å². The molecule has 0 fully saturated rings. The van der Waals surface area contributed by atoms with E-state index in [1.165, 1.54) is 5.56 Å². The third-order valence-electron chi connectivity index (χ3n) is 3.83. The van der Waals surface area contributed by atoms with Crippen molar-refractivity contribution in [1.29, 1.82) is 0 Å². The number of nitro groups is 1. The van der Waals surface area contributed by atoms with Gasteiger partial charge in [-0.1, -0.05) is 63.2 Å². The lowest BCUT2D eigenvalue weighted by atomic mass is 9.73. The molecule has 0 radical (unpaired) electrons. The molecule has 2 aromatic rings. The molecule has 0 aliphatic carbocycles. The predicted molar refractivity (Wildman–Crippen MR) is 85.4 cm³/mol. The molecule has 0 bridgehead atoms. The summed E-state index contributed by atoms with van der Waals surface area (Å²) in [6, 6.07) is 17.3. The van der Waals surface area contributed by atoms with Crippen molar-refractivity contribution < 1.29 is 4.92 Å². The van der Waals surface area contributed by atoms with Crippen LogP contribution in [0.15, 0.2) is 54.6 Å². The molecule has 0 heterocycles. The highest BCUT2D eigenvalue weighted by Gasteiger charge is 2.26. The molecule has 0 aromatic heterocycles. The largest absolute Gasteiger partial charge is 0.269 e. The lowest BCUT2D eigenvalue weighted by Gasteiger charge is -2.31. The Balaban J connectivity index is 2.26. The molecule has 0 saturated heterocycles. The first-order chi connectivity index (χ1) is 9.88. The van der Waals surface area contributed by atoms with Crippen LogP contribution < -0.4 is 0 Å². The fraction of sp³-hybridized carbons (Fsp3) is 0.333. The standard InChI is InChI=1S/C18H21NO2/c1-18(2,3)17(15-7-5-4-6-8-15)13-14-9-11-16(12-10-14)19(20)21/h4-12,17H,13H2,1-3H3. The van der Waals surface area contributed by atoms with E-state index in [0.29, 0.717) is 5.92 Å². The number of hydrogen-bond acceptors (Lipinski definition) is 2. The lowest BCUT2D eigenvalue weighted by molar-refractivity contribution is -0.384. The van der Waals surface area contributed by atoms with Crippen LogP contribution in [0.3, 0.4) is 0 Å². The Labute approximate surface area is 125 Å². The maximum absolute atomic E-state index is 10.7. The van der Waals surface area contributed by atoms with Crippen LogP contribution in [-0.4, -0.2) is 4.92 Å². The second-order valence-corrected chi connectivity index (χ2v) is 6.46. The Bertz CT molecular complexity index is 597. The van der Waals surface area contributed by atoms with Crippen molar-refractivity contribution in [3.8, 4) is 0 Å². The molecule has 3 heteroatoms. The second kappa shape index (κ2) is 6.08. The first-order valence-corrected chi connectivity index (χ1v) is 7.16. The van der Waals surface area contributed by atoms with Gasteiger partial charge < -0.3 is 0 Å². The summed E-state index contributed by atoms with van der Waals surface area (Å²) < 4.78 is 0. The highest BCUT2D eigenvalue weighted by molar-refractivity contribution is 5.34. The fourth-order valence-electron chi connectivity index (χ4n) is 2.60. The van der Waals surface area contributed by atoms with E-state index in [-0.39, 0.29) is 16.0 Å². The lowest BCUT2D eigenvalue weighted by Crippen LogP contribution is -2.20. The average Bonchev–Trinajstić information content (AvgIpc) is 2.45. The third-order valence-corrected chi connectivity index (χ3v) is 3.83. The van der Waals surface area contributed by atoms with Gasteiger partial charge in [-0.3, -0.25) is 10.1 Å². The number of hydrogen-bond donors (Lipinski definition) is 0. The van der Waals surface area contributed by atoms with Crippen molar-refractivity contribution in [2.75, 3.05) is 0 Å². The SMILES string of the molecule is CC(C)(C)C(Cc1ccc([N+](=O)[O-])cc1)c1ccccc1. The molecule has 0 amide bonds. The Kier molecular flexibility index (Phi) is 4.41. The van der Waals surface area contributed by atoms with E-state index in [1.54, 1.807) is 12.1 Å². The first-order valence-electron chi connectivity index (χ1n) is 7.16. The molecule has 2 rings (SSSR count). The van der Waals surface area contributed by atoms with Gasteiger partial charge in [0.1, 0.15) is 0 Å². The summed E-state index contributed by atoms with van der Waals surface area (Å²) in [6.45, 7) is 6.70. The molecule has 0 N–H and O–H groups in total. The summed E-state index contributed by atoms with van der Waals surface area (Å²) in [5, 5.41) is 10.7. The molecule has 1 unspecified atom stereocenters. The number of nitro benzene ring substituents is 1. The van der Waals surface area contributed by atoms with Gasteiger partial charge in [-0.2, -0.15) is 0 Å². The molecule has 21 heavy (non-hydrogen) atoms. The van der Waals surface area contributed by atoms with Crippen molar-refractivity contribution in [2.24, 2.45) is 5.41 Å². The van der Waals surface area contributed by atoms with Gasteiger partial charge in [-0.15, -0.1) is 0 Å². The van der Waals surface area contributed by atoms with E-state index in [2.05, 4.69) is 45.0 Å². The maximum atomic E-state index is 10.7. The van der Waals surface area contributed by atoms with Crippen molar-refractivity contribution in [3.63, 3.8) is 0 Å². The van der Waals surface area contributed by atoms with Crippen LogP contribution in [0.2, 0.25) is 0 Å². The Morgan fingerprint density at radius 2 is 1.57 bits per heavy atom. The molecular weight excluding hydrogens is 262 g/mol. The summed E-state index contributed by atoms with van der Waals surface area (Å²) in [5.74, 6) is 0.375. The average molecular weight is 283 g/mol. The Morgan fingerprint density at radius 1 is 1.00 bits per heavy atom. The van der Waals surface area contributed by atoms with Gasteiger partial charge in [0, 0.05) is 12.1 Å². The maximum Gasteiger partial charge on any atom is 0.269 e. The molecule has 0 spiro atoms. The van der Waals surface area contributed by atoms with Gasteiger partial charge in [0.25, 0.3) is 5.69 Å². The Hall–Kier alpha value is -2.16. The summed E-state index contributed by atoms with van der Waals surface area (Å²) in [5.41, 5.74) is 2.71. The molecular formula is C18H21NO2. The molecule has 3 nitrogen and oxygen atoms in total. The highest BCUT2D eigenvalue weighted by Crippen LogP contribution is 2.37. The van der Waals surface area contributed by atoms with Crippen LogP contribution >= 0.6 is 0 Å². The smallest absolute Gasteiger partial charge is 0.258 e.